The highest BCUT2D eigenvalue weighted by Crippen LogP contribution is 1.87. The SMILES string of the molecule is [CH2]C(C=O)N(C)CC. The van der Waals surface area contributed by atoms with Crippen LogP contribution >= 0.6 is 0 Å². The number of rotatable bonds is 3. The largest absolute Gasteiger partial charge is 0.302 e. The molecule has 0 bridgehead atoms. The average molecular weight is 114 g/mol. The molecule has 0 aliphatic rings. The molecule has 0 saturated carbocycles. The minimum Gasteiger partial charge on any atom is -0.302 e. The Labute approximate surface area is 50.5 Å². The summed E-state index contributed by atoms with van der Waals surface area (Å²) in [5, 5.41) is 0. The molecule has 0 saturated heterocycles. The third kappa shape index (κ3) is 2.07. The molecule has 0 rings (SSSR count). The van der Waals surface area contributed by atoms with Crippen molar-refractivity contribution >= 4 is 6.29 Å². The van der Waals surface area contributed by atoms with E-state index in [1.165, 1.54) is 0 Å². The lowest BCUT2D eigenvalue weighted by atomic mass is 10.3. The predicted octanol–water partition coefficient (Wildman–Crippen LogP) is 0.340. The van der Waals surface area contributed by atoms with Crippen molar-refractivity contribution in [3.8, 4) is 0 Å². The van der Waals surface area contributed by atoms with Crippen LogP contribution in [0.25, 0.3) is 0 Å². The molecule has 2 heteroatoms. The molecule has 0 aromatic carbocycles. The van der Waals surface area contributed by atoms with Crippen molar-refractivity contribution in [1.82, 2.24) is 4.90 Å². The number of hydrogen-bond acceptors (Lipinski definition) is 2. The molecular weight excluding hydrogens is 102 g/mol. The van der Waals surface area contributed by atoms with Gasteiger partial charge < -0.3 is 4.79 Å². The summed E-state index contributed by atoms with van der Waals surface area (Å²) in [7, 11) is 1.87. The maximum absolute atomic E-state index is 10.0. The van der Waals surface area contributed by atoms with E-state index >= 15 is 0 Å². The monoisotopic (exact) mass is 114 g/mol. The minimum absolute atomic E-state index is 0.181. The standard InChI is InChI=1S/C6H12NO/c1-4-7(3)6(2)5-8/h5-6H,2,4H2,1,3H3. The number of likely N-dealkylation sites (N-methyl/N-ethyl adjacent to an activating group) is 1. The number of carbonyl (C=O) groups excluding carboxylic acids is 1. The minimum atomic E-state index is -0.181. The van der Waals surface area contributed by atoms with Crippen LogP contribution in [-0.2, 0) is 4.79 Å². The zero-order valence-corrected chi connectivity index (χ0v) is 5.42. The predicted molar refractivity (Wildman–Crippen MR) is 33.5 cm³/mol. The van der Waals surface area contributed by atoms with Gasteiger partial charge in [-0.3, -0.25) is 4.90 Å². The van der Waals surface area contributed by atoms with Crippen molar-refractivity contribution in [2.24, 2.45) is 0 Å². The van der Waals surface area contributed by atoms with Crippen LogP contribution in [0, 0.1) is 6.92 Å². The normalized spacial score (nSPS) is 14.0. The molecule has 0 aliphatic heterocycles. The van der Waals surface area contributed by atoms with Gasteiger partial charge in [0, 0.05) is 0 Å². The maximum Gasteiger partial charge on any atom is 0.137 e. The fraction of sp³-hybridized carbons (Fsp3) is 0.667. The van der Waals surface area contributed by atoms with E-state index in [1.54, 1.807) is 0 Å². The molecule has 1 radical (unpaired) electrons. The molecule has 0 aromatic heterocycles. The van der Waals surface area contributed by atoms with E-state index < -0.39 is 0 Å². The molecule has 0 N–H and O–H groups in total. The first-order chi connectivity index (χ1) is 3.72. The van der Waals surface area contributed by atoms with Gasteiger partial charge in [-0.05, 0) is 20.5 Å². The van der Waals surface area contributed by atoms with E-state index in [4.69, 9.17) is 0 Å². The quantitative estimate of drug-likeness (QED) is 0.493. The fourth-order valence-corrected chi connectivity index (χ4v) is 0.338. The third-order valence-electron chi connectivity index (χ3n) is 1.22. The molecule has 1 atom stereocenters. The second-order valence-corrected chi connectivity index (χ2v) is 1.78. The highest BCUT2D eigenvalue weighted by atomic mass is 16.1. The number of hydrogen-bond donors (Lipinski definition) is 0. The molecule has 47 valence electrons. The lowest BCUT2D eigenvalue weighted by molar-refractivity contribution is -0.110. The van der Waals surface area contributed by atoms with Gasteiger partial charge in [0.25, 0.3) is 0 Å². The van der Waals surface area contributed by atoms with Gasteiger partial charge in [0.2, 0.25) is 0 Å². The molecule has 0 spiro atoms. The Balaban J connectivity index is 3.44. The second kappa shape index (κ2) is 3.61. The summed E-state index contributed by atoms with van der Waals surface area (Å²) >= 11 is 0. The summed E-state index contributed by atoms with van der Waals surface area (Å²) < 4.78 is 0. The molecule has 0 amide bonds. The van der Waals surface area contributed by atoms with Crippen LogP contribution in [0.4, 0.5) is 0 Å². The van der Waals surface area contributed by atoms with Crippen molar-refractivity contribution < 1.29 is 4.79 Å². The topological polar surface area (TPSA) is 20.3 Å². The van der Waals surface area contributed by atoms with Gasteiger partial charge in [0.1, 0.15) is 6.29 Å². The van der Waals surface area contributed by atoms with E-state index in [9.17, 15) is 4.79 Å². The first kappa shape index (κ1) is 7.63. The Hall–Kier alpha value is -0.370. The van der Waals surface area contributed by atoms with Crippen LogP contribution < -0.4 is 0 Å². The maximum atomic E-state index is 10.0. The fourth-order valence-electron chi connectivity index (χ4n) is 0.338. The van der Waals surface area contributed by atoms with Crippen LogP contribution in [0.2, 0.25) is 0 Å². The number of aldehydes is 1. The molecule has 0 fully saturated rings. The Bertz CT molecular complexity index is 72.9. The van der Waals surface area contributed by atoms with Gasteiger partial charge in [-0.1, -0.05) is 6.92 Å². The highest BCUT2D eigenvalue weighted by molar-refractivity contribution is 5.58. The van der Waals surface area contributed by atoms with E-state index in [0.717, 1.165) is 12.8 Å². The van der Waals surface area contributed by atoms with Gasteiger partial charge in [-0.15, -0.1) is 0 Å². The number of carbonyl (C=O) groups is 1. The zero-order chi connectivity index (χ0) is 6.57. The lowest BCUT2D eigenvalue weighted by Crippen LogP contribution is -2.29. The summed E-state index contributed by atoms with van der Waals surface area (Å²) in [5.41, 5.74) is 0. The molecule has 0 heterocycles. The van der Waals surface area contributed by atoms with Crippen LogP contribution in [-0.4, -0.2) is 30.8 Å². The van der Waals surface area contributed by atoms with Crippen LogP contribution in [0.3, 0.4) is 0 Å². The Morgan fingerprint density at radius 3 is 2.50 bits per heavy atom. The van der Waals surface area contributed by atoms with E-state index in [2.05, 4.69) is 6.92 Å². The molecule has 1 unspecified atom stereocenters. The van der Waals surface area contributed by atoms with Crippen molar-refractivity contribution in [3.63, 3.8) is 0 Å². The summed E-state index contributed by atoms with van der Waals surface area (Å²) in [6, 6.07) is -0.181. The van der Waals surface area contributed by atoms with Crippen molar-refractivity contribution in [3.05, 3.63) is 6.92 Å². The van der Waals surface area contributed by atoms with Crippen LogP contribution in [0.15, 0.2) is 0 Å². The first-order valence-corrected chi connectivity index (χ1v) is 2.71. The van der Waals surface area contributed by atoms with Crippen molar-refractivity contribution in [2.75, 3.05) is 13.6 Å². The van der Waals surface area contributed by atoms with Gasteiger partial charge in [-0.2, -0.15) is 0 Å². The van der Waals surface area contributed by atoms with E-state index in [1.807, 2.05) is 18.9 Å². The second-order valence-electron chi connectivity index (χ2n) is 1.78. The summed E-state index contributed by atoms with van der Waals surface area (Å²) in [6.45, 7) is 6.44. The van der Waals surface area contributed by atoms with Crippen LogP contribution in [0.1, 0.15) is 6.92 Å². The Kier molecular flexibility index (Phi) is 3.44. The Morgan fingerprint density at radius 1 is 1.88 bits per heavy atom. The van der Waals surface area contributed by atoms with Crippen LogP contribution in [0.5, 0.6) is 0 Å². The molecular formula is C6H12NO. The van der Waals surface area contributed by atoms with Gasteiger partial charge in [0.05, 0.1) is 6.04 Å². The Morgan fingerprint density at radius 2 is 2.38 bits per heavy atom. The third-order valence-corrected chi connectivity index (χ3v) is 1.22. The van der Waals surface area contributed by atoms with Gasteiger partial charge in [0.15, 0.2) is 0 Å². The number of nitrogens with zero attached hydrogens (tertiary/aromatic N) is 1. The summed E-state index contributed by atoms with van der Waals surface area (Å²) in [5.74, 6) is 0. The molecule has 2 nitrogen and oxygen atoms in total. The summed E-state index contributed by atoms with van der Waals surface area (Å²) in [6.07, 6.45) is 0.837. The first-order valence-electron chi connectivity index (χ1n) is 2.71. The highest BCUT2D eigenvalue weighted by Gasteiger charge is 2.02. The smallest absolute Gasteiger partial charge is 0.137 e. The molecule has 0 aromatic rings. The van der Waals surface area contributed by atoms with E-state index in [0.29, 0.717) is 0 Å². The van der Waals surface area contributed by atoms with Crippen molar-refractivity contribution in [1.29, 1.82) is 0 Å². The lowest BCUT2D eigenvalue weighted by Gasteiger charge is -2.15. The van der Waals surface area contributed by atoms with E-state index in [-0.39, 0.29) is 6.04 Å². The summed E-state index contributed by atoms with van der Waals surface area (Å²) in [4.78, 5) is 11.9. The zero-order valence-electron chi connectivity index (χ0n) is 5.42. The van der Waals surface area contributed by atoms with Gasteiger partial charge >= 0.3 is 0 Å². The van der Waals surface area contributed by atoms with Gasteiger partial charge in [-0.25, -0.2) is 0 Å². The van der Waals surface area contributed by atoms with Crippen molar-refractivity contribution in [2.45, 2.75) is 13.0 Å². The molecule has 8 heavy (non-hydrogen) atoms. The average Bonchev–Trinajstić information content (AvgIpc) is 1.84. The molecule has 0 aliphatic carbocycles.